The number of rotatable bonds is 5. The molecule has 0 heterocycles. The van der Waals surface area contributed by atoms with Gasteiger partial charge < -0.3 is 4.74 Å². The van der Waals surface area contributed by atoms with Gasteiger partial charge in [-0.25, -0.2) is 13.1 Å². The van der Waals surface area contributed by atoms with Crippen molar-refractivity contribution < 1.29 is 13.2 Å². The molecule has 0 bridgehead atoms. The Morgan fingerprint density at radius 2 is 2.06 bits per heavy atom. The number of sulfonamides is 1. The van der Waals surface area contributed by atoms with E-state index in [4.69, 9.17) is 16.3 Å². The van der Waals surface area contributed by atoms with Gasteiger partial charge in [0, 0.05) is 11.6 Å². The quantitative estimate of drug-likeness (QED) is 0.892. The van der Waals surface area contributed by atoms with Crippen molar-refractivity contribution in [3.63, 3.8) is 0 Å². The van der Waals surface area contributed by atoms with Gasteiger partial charge in [-0.3, -0.25) is 0 Å². The number of hydrogen-bond acceptors (Lipinski definition) is 3. The summed E-state index contributed by atoms with van der Waals surface area (Å²) >= 11 is 6.02. The predicted octanol–water partition coefficient (Wildman–Crippen LogP) is 1.75. The first kappa shape index (κ1) is 14.3. The van der Waals surface area contributed by atoms with Gasteiger partial charge in [0.15, 0.2) is 0 Å². The average Bonchev–Trinajstić information content (AvgIpc) is 2.21. The molecule has 96 valence electrons. The molecule has 0 radical (unpaired) electrons. The van der Waals surface area contributed by atoms with Gasteiger partial charge >= 0.3 is 0 Å². The van der Waals surface area contributed by atoms with Crippen molar-refractivity contribution in [1.82, 2.24) is 4.72 Å². The molecule has 0 atom stereocenters. The third-order valence-electron chi connectivity index (χ3n) is 2.32. The van der Waals surface area contributed by atoms with Crippen LogP contribution in [-0.2, 0) is 16.4 Å². The van der Waals surface area contributed by atoms with Crippen LogP contribution in [0.3, 0.4) is 0 Å². The van der Waals surface area contributed by atoms with E-state index in [2.05, 4.69) is 4.72 Å². The molecule has 0 aliphatic rings. The fraction of sp³-hybridized carbons (Fsp3) is 0.455. The minimum atomic E-state index is -3.16. The first-order valence-electron chi connectivity index (χ1n) is 5.11. The van der Waals surface area contributed by atoms with E-state index in [1.807, 2.05) is 13.0 Å². The summed E-state index contributed by atoms with van der Waals surface area (Å²) in [6, 6.07) is 3.65. The van der Waals surface area contributed by atoms with E-state index < -0.39 is 10.0 Å². The van der Waals surface area contributed by atoms with E-state index in [0.29, 0.717) is 18.0 Å². The molecule has 1 aromatic carbocycles. The van der Waals surface area contributed by atoms with E-state index in [1.54, 1.807) is 13.2 Å². The van der Waals surface area contributed by atoms with Gasteiger partial charge in [-0.15, -0.1) is 0 Å². The van der Waals surface area contributed by atoms with E-state index >= 15 is 0 Å². The Morgan fingerprint density at radius 1 is 1.41 bits per heavy atom. The van der Waals surface area contributed by atoms with Crippen LogP contribution in [0, 0.1) is 6.92 Å². The van der Waals surface area contributed by atoms with Crippen molar-refractivity contribution >= 4 is 21.6 Å². The molecule has 1 N–H and O–H groups in total. The predicted molar refractivity (Wildman–Crippen MR) is 69.3 cm³/mol. The molecule has 0 fully saturated rings. The molecule has 0 spiro atoms. The van der Waals surface area contributed by atoms with Gasteiger partial charge in [0.1, 0.15) is 5.75 Å². The summed E-state index contributed by atoms with van der Waals surface area (Å²) in [6.07, 6.45) is 1.67. The Kier molecular flexibility index (Phi) is 4.80. The molecular formula is C11H16ClNO3S. The van der Waals surface area contributed by atoms with Crippen LogP contribution in [0.15, 0.2) is 12.1 Å². The second kappa shape index (κ2) is 5.71. The summed E-state index contributed by atoms with van der Waals surface area (Å²) in [4.78, 5) is 0. The van der Waals surface area contributed by atoms with Crippen molar-refractivity contribution in [3.8, 4) is 5.75 Å². The Balaban J connectivity index is 2.80. The van der Waals surface area contributed by atoms with E-state index in [1.165, 1.54) is 0 Å². The third-order valence-corrected chi connectivity index (χ3v) is 3.46. The maximum atomic E-state index is 10.9. The van der Waals surface area contributed by atoms with Crippen molar-refractivity contribution in [1.29, 1.82) is 0 Å². The molecular weight excluding hydrogens is 262 g/mol. The Hall–Kier alpha value is -0.780. The summed E-state index contributed by atoms with van der Waals surface area (Å²) in [5.41, 5.74) is 1.82. The highest BCUT2D eigenvalue weighted by Crippen LogP contribution is 2.26. The first-order chi connectivity index (χ1) is 7.83. The lowest BCUT2D eigenvalue weighted by atomic mass is 10.1. The standard InChI is InChI=1S/C11H16ClNO3S/c1-8-6-11(16-2)9(7-10(8)12)4-5-13-17(3,14)15/h6-7,13H,4-5H2,1-3H3. The largest absolute Gasteiger partial charge is 0.496 e. The summed E-state index contributed by atoms with van der Waals surface area (Å²) in [5, 5.41) is 0.653. The van der Waals surface area contributed by atoms with Crippen LogP contribution in [0.5, 0.6) is 5.75 Å². The highest BCUT2D eigenvalue weighted by Gasteiger charge is 2.08. The monoisotopic (exact) mass is 277 g/mol. The number of nitrogens with one attached hydrogen (secondary N) is 1. The zero-order valence-corrected chi connectivity index (χ0v) is 11.7. The van der Waals surface area contributed by atoms with Crippen molar-refractivity contribution in [2.24, 2.45) is 0 Å². The van der Waals surface area contributed by atoms with Crippen molar-refractivity contribution in [2.75, 3.05) is 19.9 Å². The van der Waals surface area contributed by atoms with Gasteiger partial charge in [0.25, 0.3) is 0 Å². The Bertz CT molecular complexity index is 500. The van der Waals surface area contributed by atoms with Crippen LogP contribution in [0.4, 0.5) is 0 Å². The fourth-order valence-electron chi connectivity index (χ4n) is 1.45. The number of aryl methyl sites for hydroxylation is 1. The van der Waals surface area contributed by atoms with Crippen LogP contribution in [0.1, 0.15) is 11.1 Å². The number of benzene rings is 1. The third kappa shape index (κ3) is 4.53. The lowest BCUT2D eigenvalue weighted by Crippen LogP contribution is -2.24. The van der Waals surface area contributed by atoms with Crippen molar-refractivity contribution in [2.45, 2.75) is 13.3 Å². The lowest BCUT2D eigenvalue weighted by Gasteiger charge is -2.11. The van der Waals surface area contributed by atoms with Crippen LogP contribution in [0.25, 0.3) is 0 Å². The second-order valence-electron chi connectivity index (χ2n) is 3.83. The first-order valence-corrected chi connectivity index (χ1v) is 7.38. The molecule has 0 unspecified atom stereocenters. The molecule has 6 heteroatoms. The summed E-state index contributed by atoms with van der Waals surface area (Å²) in [5.74, 6) is 0.724. The molecule has 4 nitrogen and oxygen atoms in total. The molecule has 1 aromatic rings. The maximum absolute atomic E-state index is 10.9. The molecule has 0 saturated carbocycles. The van der Waals surface area contributed by atoms with Crippen LogP contribution in [0.2, 0.25) is 5.02 Å². The smallest absolute Gasteiger partial charge is 0.208 e. The van der Waals surface area contributed by atoms with Gasteiger partial charge in [-0.2, -0.15) is 0 Å². The van der Waals surface area contributed by atoms with Gasteiger partial charge in [-0.05, 0) is 36.6 Å². The van der Waals surface area contributed by atoms with E-state index in [-0.39, 0.29) is 0 Å². The minimum Gasteiger partial charge on any atom is -0.496 e. The zero-order valence-electron chi connectivity index (χ0n) is 10.1. The molecule has 17 heavy (non-hydrogen) atoms. The number of halogens is 1. The molecule has 0 aliphatic heterocycles. The van der Waals surface area contributed by atoms with Gasteiger partial charge in [-0.1, -0.05) is 11.6 Å². The normalized spacial score (nSPS) is 11.5. The van der Waals surface area contributed by atoms with E-state index in [0.717, 1.165) is 23.1 Å². The van der Waals surface area contributed by atoms with E-state index in [9.17, 15) is 8.42 Å². The maximum Gasteiger partial charge on any atom is 0.208 e. The van der Waals surface area contributed by atoms with Crippen molar-refractivity contribution in [3.05, 3.63) is 28.3 Å². The van der Waals surface area contributed by atoms with Gasteiger partial charge in [0.05, 0.1) is 13.4 Å². The Labute approximate surface area is 107 Å². The molecule has 1 rings (SSSR count). The average molecular weight is 278 g/mol. The number of ether oxygens (including phenoxy) is 1. The second-order valence-corrected chi connectivity index (χ2v) is 6.07. The molecule has 0 aliphatic carbocycles. The molecule has 0 amide bonds. The topological polar surface area (TPSA) is 55.4 Å². The summed E-state index contributed by atoms with van der Waals surface area (Å²) in [7, 11) is -1.58. The number of methoxy groups -OCH3 is 1. The highest BCUT2D eigenvalue weighted by atomic mass is 35.5. The van der Waals surface area contributed by atoms with Gasteiger partial charge in [0.2, 0.25) is 10.0 Å². The highest BCUT2D eigenvalue weighted by molar-refractivity contribution is 7.88. The minimum absolute atomic E-state index is 0.328. The fourth-order valence-corrected chi connectivity index (χ4v) is 2.11. The number of hydrogen-bond donors (Lipinski definition) is 1. The molecule has 0 aromatic heterocycles. The van der Waals surface area contributed by atoms with Crippen LogP contribution in [-0.4, -0.2) is 28.3 Å². The van der Waals surface area contributed by atoms with Crippen LogP contribution < -0.4 is 9.46 Å². The SMILES string of the molecule is COc1cc(C)c(Cl)cc1CCNS(C)(=O)=O. The lowest BCUT2D eigenvalue weighted by molar-refractivity contribution is 0.409. The molecule has 0 saturated heterocycles. The summed E-state index contributed by atoms with van der Waals surface area (Å²) < 4.78 is 29.5. The zero-order chi connectivity index (χ0) is 13.1. The Morgan fingerprint density at radius 3 is 2.59 bits per heavy atom. The summed E-state index contributed by atoms with van der Waals surface area (Å²) in [6.45, 7) is 2.22. The van der Waals surface area contributed by atoms with Crippen LogP contribution >= 0.6 is 11.6 Å².